The van der Waals surface area contributed by atoms with Crippen molar-refractivity contribution in [3.8, 4) is 0 Å². The van der Waals surface area contributed by atoms with Gasteiger partial charge in [0, 0.05) is 30.9 Å². The number of guanidine groups is 2. The highest BCUT2D eigenvalue weighted by Crippen LogP contribution is 2.56. The van der Waals surface area contributed by atoms with Crippen LogP contribution >= 0.6 is 26.0 Å². The van der Waals surface area contributed by atoms with Gasteiger partial charge in [-0.1, -0.05) is 25.7 Å². The molecule has 0 radical (unpaired) electrons. The summed E-state index contributed by atoms with van der Waals surface area (Å²) >= 11 is 5.08. The van der Waals surface area contributed by atoms with Crippen molar-refractivity contribution in [3.63, 3.8) is 0 Å². The first kappa shape index (κ1) is 59.9. The lowest BCUT2D eigenvalue weighted by Crippen LogP contribution is -2.47. The number of alkyl carbamates (subject to hydrolysis) is 4. The second-order valence-corrected chi connectivity index (χ2v) is 21.9. The van der Waals surface area contributed by atoms with Crippen LogP contribution in [0.4, 0.5) is 19.2 Å². The summed E-state index contributed by atoms with van der Waals surface area (Å²) in [4.78, 5) is 56.2. The number of aliphatic imine (C=N–C) groups is 2. The van der Waals surface area contributed by atoms with Crippen molar-refractivity contribution in [1.82, 2.24) is 21.3 Å². The summed E-state index contributed by atoms with van der Waals surface area (Å²) in [6.07, 6.45) is 3.50. The first-order valence-corrected chi connectivity index (χ1v) is 24.6. The number of ether oxygens (including phenoxy) is 4. The monoisotopic (exact) mass is 966 g/mol. The van der Waals surface area contributed by atoms with Crippen molar-refractivity contribution in [3.05, 3.63) is 0 Å². The molecule has 0 aromatic rings. The minimum absolute atomic E-state index is 0.00865. The van der Waals surface area contributed by atoms with E-state index in [2.05, 4.69) is 40.3 Å². The molecule has 2 heterocycles. The van der Waals surface area contributed by atoms with Crippen molar-refractivity contribution >= 4 is 62.3 Å². The first-order chi connectivity index (χ1) is 28.9. The summed E-state index contributed by atoms with van der Waals surface area (Å²) in [5.41, 5.74) is -2.71. The number of nitrogens with zero attached hydrogens (tertiary/aromatic N) is 2. The highest BCUT2D eigenvalue weighted by molar-refractivity contribution is 7.81. The maximum atomic E-state index is 12.0. The molecule has 25 heteroatoms. The van der Waals surface area contributed by atoms with Crippen LogP contribution in [-0.4, -0.2) is 117 Å². The molecule has 2 aliphatic rings. The van der Waals surface area contributed by atoms with E-state index in [4.69, 9.17) is 48.9 Å². The molecule has 0 aromatic heterocycles. The van der Waals surface area contributed by atoms with E-state index in [9.17, 15) is 28.3 Å². The lowest BCUT2D eigenvalue weighted by molar-refractivity contribution is 0.0521. The fourth-order valence-electron chi connectivity index (χ4n) is 4.26. The Bertz CT molecular complexity index is 1470. The number of hydrogen-bond acceptors (Lipinski definition) is 18. The number of carbonyl (C=O) groups excluding carboxylic acids is 4. The molecule has 0 aromatic carbocycles. The van der Waals surface area contributed by atoms with Crippen molar-refractivity contribution in [2.24, 2.45) is 9.98 Å². The lowest BCUT2D eigenvalue weighted by atomic mass is 10.2. The number of aliphatic hydroxyl groups excluding tert-OH is 1. The first-order valence-electron chi connectivity index (χ1n) is 20.7. The van der Waals surface area contributed by atoms with Crippen LogP contribution in [0, 0.1) is 0 Å². The zero-order valence-electron chi connectivity index (χ0n) is 39.1. The zero-order valence-corrected chi connectivity index (χ0v) is 41.6. The van der Waals surface area contributed by atoms with E-state index in [1.165, 1.54) is 0 Å². The Morgan fingerprint density at radius 3 is 1.11 bits per heavy atom. The Morgan fingerprint density at radius 2 is 0.825 bits per heavy atom. The minimum Gasteiger partial charge on any atom is -0.444 e. The number of nitrogens with one attached hydrogen (secondary N) is 4. The van der Waals surface area contributed by atoms with E-state index < -0.39 is 61.5 Å². The SMILES string of the molecule is CC(C)(C)OC(=O)NC(=NCCCCCCO)NC(=O)OC(C)(C)C.CC(C)(C)OC(=O)NC(=NCCCCCCOP1(=O)OCCO1)NC(=O)OC(C)(C)C.O=P1(Cl)OCCO1. The van der Waals surface area contributed by atoms with E-state index in [-0.39, 0.29) is 38.3 Å². The van der Waals surface area contributed by atoms with Crippen LogP contribution in [-0.2, 0) is 50.7 Å². The highest BCUT2D eigenvalue weighted by atomic mass is 35.7. The molecular weight excluding hydrogens is 894 g/mol. The molecule has 2 rings (SSSR count). The van der Waals surface area contributed by atoms with Crippen LogP contribution in [0.15, 0.2) is 9.98 Å². The largest absolute Gasteiger partial charge is 0.474 e. The number of amides is 4. The summed E-state index contributed by atoms with van der Waals surface area (Å²) in [6, 6.07) is 0. The fourth-order valence-corrected chi connectivity index (χ4v) is 6.51. The van der Waals surface area contributed by atoms with Crippen LogP contribution in [0.2, 0.25) is 0 Å². The topological polar surface area (TPSA) is 279 Å². The Kier molecular flexibility index (Phi) is 28.0. The molecule has 0 bridgehead atoms. The van der Waals surface area contributed by atoms with Gasteiger partial charge in [-0.15, -0.1) is 0 Å². The van der Waals surface area contributed by atoms with Crippen molar-refractivity contribution in [2.45, 2.75) is 157 Å². The normalized spacial score (nSPS) is 15.5. The molecule has 5 N–H and O–H groups in total. The minimum atomic E-state index is -3.33. The maximum Gasteiger partial charge on any atom is 0.474 e. The third-order valence-electron chi connectivity index (χ3n) is 6.54. The molecule has 0 unspecified atom stereocenters. The van der Waals surface area contributed by atoms with Gasteiger partial charge in [0.2, 0.25) is 11.9 Å². The summed E-state index contributed by atoms with van der Waals surface area (Å²) in [5, 5.41) is 18.5. The van der Waals surface area contributed by atoms with Crippen LogP contribution in [0.3, 0.4) is 0 Å². The lowest BCUT2D eigenvalue weighted by Gasteiger charge is -2.22. The molecule has 0 spiro atoms. The maximum absolute atomic E-state index is 12.0. The molecule has 4 amide bonds. The summed E-state index contributed by atoms with van der Waals surface area (Å²) in [5.74, 6) is -0.0499. The average Bonchev–Trinajstić information content (AvgIpc) is 3.71. The molecule has 0 aliphatic carbocycles. The van der Waals surface area contributed by atoms with Gasteiger partial charge in [0.05, 0.1) is 33.0 Å². The summed E-state index contributed by atoms with van der Waals surface area (Å²) < 4.78 is 66.8. The molecular formula is C38H73ClN6O16P2. The summed E-state index contributed by atoms with van der Waals surface area (Å²) in [7, 11) is -3.33. The van der Waals surface area contributed by atoms with Crippen molar-refractivity contribution in [1.29, 1.82) is 0 Å². The Labute approximate surface area is 377 Å². The highest BCUT2D eigenvalue weighted by Gasteiger charge is 2.31. The van der Waals surface area contributed by atoms with Gasteiger partial charge in [-0.3, -0.25) is 53.9 Å². The molecule has 22 nitrogen and oxygen atoms in total. The van der Waals surface area contributed by atoms with Gasteiger partial charge in [-0.2, -0.15) is 0 Å². The summed E-state index contributed by atoms with van der Waals surface area (Å²) in [6.45, 7) is 20.3. The van der Waals surface area contributed by atoms with Gasteiger partial charge in [-0.25, -0.2) is 28.3 Å². The third kappa shape index (κ3) is 38.0. The molecule has 63 heavy (non-hydrogen) atoms. The van der Waals surface area contributed by atoms with E-state index in [1.807, 2.05) is 0 Å². The Hall–Kier alpha value is -3.07. The quantitative estimate of drug-likeness (QED) is 0.0359. The Morgan fingerprint density at radius 1 is 0.524 bits per heavy atom. The second-order valence-electron chi connectivity index (χ2n) is 17.6. The number of unbranched alkanes of at least 4 members (excludes halogenated alkanes) is 6. The third-order valence-corrected chi connectivity index (χ3v) is 9.61. The van der Waals surface area contributed by atoms with Gasteiger partial charge in [0.25, 0.3) is 0 Å². The van der Waals surface area contributed by atoms with Crippen molar-refractivity contribution in [2.75, 3.05) is 52.7 Å². The number of phosphoric acid groups is 1. The Balaban J connectivity index is 0.00000107. The van der Waals surface area contributed by atoms with Gasteiger partial charge in [0.1, 0.15) is 22.4 Å². The van der Waals surface area contributed by atoms with Crippen molar-refractivity contribution < 1.29 is 75.0 Å². The number of carbonyl (C=O) groups is 4. The van der Waals surface area contributed by atoms with Crippen LogP contribution in [0.5, 0.6) is 0 Å². The van der Waals surface area contributed by atoms with Gasteiger partial charge in [-0.05, 0) is 109 Å². The smallest absolute Gasteiger partial charge is 0.444 e. The molecule has 0 saturated carbocycles. The standard InChI is InChI=1S/C19H36N3O8P.C17H33N3O5.C2H4ClO3P/c1-18(2,3)29-16(23)21-15(22-17(24)30-19(4,5)6)20-11-9-7-8-10-12-26-31(25)27-13-14-28-31;1-16(2,3)24-14(22)19-13(18-11-9-7-8-10-12-21)20-15(23)25-17(4,5)6;3-7(4)5-1-2-6-7/h7-14H2,1-6H3,(H2,20,21,22,23,24);21H,7-12H2,1-6H3,(H2,18,19,20,22,23);1-2H2. The van der Waals surface area contributed by atoms with E-state index >= 15 is 0 Å². The van der Waals surface area contributed by atoms with E-state index in [1.54, 1.807) is 83.1 Å². The van der Waals surface area contributed by atoms with E-state index in [0.717, 1.165) is 38.5 Å². The van der Waals surface area contributed by atoms with Gasteiger partial charge < -0.3 is 24.1 Å². The second kappa shape index (κ2) is 29.5. The number of rotatable bonds is 14. The zero-order chi connectivity index (χ0) is 48.4. The predicted octanol–water partition coefficient (Wildman–Crippen LogP) is 8.45. The fraction of sp³-hybridized carbons (Fsp3) is 0.842. The van der Waals surface area contributed by atoms with Gasteiger partial charge >= 0.3 is 39.1 Å². The molecule has 368 valence electrons. The molecule has 2 saturated heterocycles. The molecule has 2 fully saturated rings. The number of hydrogen-bond donors (Lipinski definition) is 5. The van der Waals surface area contributed by atoms with Crippen LogP contribution < -0.4 is 21.3 Å². The van der Waals surface area contributed by atoms with Gasteiger partial charge in [0.15, 0.2) is 0 Å². The van der Waals surface area contributed by atoms with E-state index in [0.29, 0.717) is 39.1 Å². The van der Waals surface area contributed by atoms with Crippen LogP contribution in [0.1, 0.15) is 134 Å². The number of halogens is 1. The molecule has 2 aliphatic heterocycles. The number of phosphoric ester groups is 1. The average molecular weight is 967 g/mol. The number of aliphatic hydroxyl groups is 1. The predicted molar refractivity (Wildman–Crippen MR) is 237 cm³/mol. The molecule has 0 atom stereocenters. The van der Waals surface area contributed by atoms with Crippen LogP contribution in [0.25, 0.3) is 0 Å².